The first kappa shape index (κ1) is 17.1. The van der Waals surface area contributed by atoms with Crippen molar-refractivity contribution in [1.29, 1.82) is 0 Å². The van der Waals surface area contributed by atoms with Crippen molar-refractivity contribution in [3.05, 3.63) is 60.0 Å². The molecule has 3 rings (SSSR count). The summed E-state index contributed by atoms with van der Waals surface area (Å²) in [5.74, 6) is -2.34. The summed E-state index contributed by atoms with van der Waals surface area (Å²) in [5, 5.41) is 14.0. The zero-order valence-corrected chi connectivity index (χ0v) is 13.7. The number of sulfonamides is 1. The fourth-order valence-electron chi connectivity index (χ4n) is 2.41. The van der Waals surface area contributed by atoms with Crippen molar-refractivity contribution < 1.29 is 22.7 Å². The molecular weight excluding hydrogens is 349 g/mol. The highest BCUT2D eigenvalue weighted by atomic mass is 32.2. The number of benzene rings is 2. The average Bonchev–Trinajstić information content (AvgIpc) is 2.97. The molecule has 25 heavy (non-hydrogen) atoms. The predicted molar refractivity (Wildman–Crippen MR) is 88.3 cm³/mol. The summed E-state index contributed by atoms with van der Waals surface area (Å²) in [7, 11) is -4.04. The third-order valence-electron chi connectivity index (χ3n) is 3.60. The van der Waals surface area contributed by atoms with Crippen LogP contribution in [-0.2, 0) is 16.6 Å². The number of carboxylic acid groups (broad SMARTS) is 1. The van der Waals surface area contributed by atoms with Gasteiger partial charge in [0.25, 0.3) is 0 Å². The lowest BCUT2D eigenvalue weighted by molar-refractivity contribution is 0.0696. The molecule has 1 aromatic heterocycles. The van der Waals surface area contributed by atoms with Gasteiger partial charge in [0.2, 0.25) is 10.0 Å². The molecule has 0 fully saturated rings. The van der Waals surface area contributed by atoms with Crippen molar-refractivity contribution >= 4 is 26.9 Å². The van der Waals surface area contributed by atoms with Gasteiger partial charge in [0, 0.05) is 11.9 Å². The van der Waals surface area contributed by atoms with Crippen LogP contribution < -0.4 is 4.72 Å². The van der Waals surface area contributed by atoms with E-state index in [4.69, 9.17) is 5.11 Å². The highest BCUT2D eigenvalue weighted by Gasteiger charge is 2.18. The lowest BCUT2D eigenvalue weighted by Gasteiger charge is -2.08. The number of carboxylic acids is 1. The van der Waals surface area contributed by atoms with Crippen LogP contribution in [0, 0.1) is 5.82 Å². The molecule has 2 aromatic carbocycles. The molecule has 0 aliphatic heterocycles. The molecule has 2 N–H and O–H groups in total. The highest BCUT2D eigenvalue weighted by Crippen LogP contribution is 2.15. The lowest BCUT2D eigenvalue weighted by atomic mass is 10.2. The number of halogens is 1. The molecule has 3 aromatic rings. The fourth-order valence-corrected chi connectivity index (χ4v) is 3.49. The number of hydrogen-bond acceptors (Lipinski definition) is 4. The number of rotatable bonds is 6. The van der Waals surface area contributed by atoms with E-state index in [1.165, 1.54) is 0 Å². The third-order valence-corrected chi connectivity index (χ3v) is 5.04. The summed E-state index contributed by atoms with van der Waals surface area (Å²) in [5.41, 5.74) is 0.430. The van der Waals surface area contributed by atoms with Crippen molar-refractivity contribution in [3.63, 3.8) is 0 Å². The Kier molecular flexibility index (Phi) is 4.51. The van der Waals surface area contributed by atoms with Crippen molar-refractivity contribution in [3.8, 4) is 0 Å². The molecule has 0 saturated heterocycles. The van der Waals surface area contributed by atoms with Crippen molar-refractivity contribution in [2.75, 3.05) is 6.54 Å². The first-order valence-corrected chi connectivity index (χ1v) is 8.79. The maximum absolute atomic E-state index is 13.5. The van der Waals surface area contributed by atoms with Gasteiger partial charge in [0.15, 0.2) is 0 Å². The maximum atomic E-state index is 13.5. The number of nitrogens with one attached hydrogen (secondary N) is 1. The molecular formula is C16H14FN3O4S. The summed E-state index contributed by atoms with van der Waals surface area (Å²) >= 11 is 0. The minimum absolute atomic E-state index is 0.0208. The molecule has 1 heterocycles. The zero-order chi connectivity index (χ0) is 18.0. The van der Waals surface area contributed by atoms with E-state index in [1.54, 1.807) is 10.9 Å². The van der Waals surface area contributed by atoms with Crippen molar-refractivity contribution in [2.24, 2.45) is 0 Å². The first-order valence-electron chi connectivity index (χ1n) is 7.31. The smallest absolute Gasteiger partial charge is 0.335 e. The van der Waals surface area contributed by atoms with E-state index >= 15 is 0 Å². The van der Waals surface area contributed by atoms with Crippen molar-refractivity contribution in [2.45, 2.75) is 11.4 Å². The number of aromatic carboxylic acids is 1. The third kappa shape index (κ3) is 3.67. The van der Waals surface area contributed by atoms with Gasteiger partial charge in [-0.05, 0) is 24.3 Å². The first-order chi connectivity index (χ1) is 11.9. The second-order valence-electron chi connectivity index (χ2n) is 5.31. The van der Waals surface area contributed by atoms with E-state index in [1.807, 2.05) is 24.3 Å². The molecule has 0 amide bonds. The number of aromatic nitrogens is 2. The fraction of sp³-hybridized carbons (Fsp3) is 0.125. The molecule has 0 unspecified atom stereocenters. The minimum atomic E-state index is -4.04. The van der Waals surface area contributed by atoms with Gasteiger partial charge in [0.1, 0.15) is 5.82 Å². The Labute approximate surface area is 142 Å². The Bertz CT molecular complexity index is 1050. The van der Waals surface area contributed by atoms with E-state index in [9.17, 15) is 17.6 Å². The molecule has 0 saturated carbocycles. The summed E-state index contributed by atoms with van der Waals surface area (Å²) in [4.78, 5) is 10.5. The van der Waals surface area contributed by atoms with Gasteiger partial charge in [-0.1, -0.05) is 18.2 Å². The molecule has 130 valence electrons. The summed E-state index contributed by atoms with van der Waals surface area (Å²) in [6.45, 7) is 0.292. The second kappa shape index (κ2) is 6.61. The number of hydrogen-bond donors (Lipinski definition) is 2. The SMILES string of the molecule is O=C(O)c1cc(F)cc(S(=O)(=O)NCCn2ncc3ccccc32)c1. The van der Waals surface area contributed by atoms with Crippen LogP contribution in [0.2, 0.25) is 0 Å². The van der Waals surface area contributed by atoms with Crippen LogP contribution >= 0.6 is 0 Å². The topological polar surface area (TPSA) is 101 Å². The van der Waals surface area contributed by atoms with Crippen LogP contribution in [0.5, 0.6) is 0 Å². The van der Waals surface area contributed by atoms with Crippen LogP contribution in [-0.4, -0.2) is 35.8 Å². The van der Waals surface area contributed by atoms with E-state index in [2.05, 4.69) is 9.82 Å². The molecule has 0 spiro atoms. The quantitative estimate of drug-likeness (QED) is 0.696. The van der Waals surface area contributed by atoms with E-state index in [0.717, 1.165) is 29.1 Å². The minimum Gasteiger partial charge on any atom is -0.478 e. The molecule has 0 radical (unpaired) electrons. The maximum Gasteiger partial charge on any atom is 0.335 e. The van der Waals surface area contributed by atoms with Crippen molar-refractivity contribution in [1.82, 2.24) is 14.5 Å². The molecule has 0 bridgehead atoms. The van der Waals surface area contributed by atoms with Crippen LogP contribution in [0.1, 0.15) is 10.4 Å². The Morgan fingerprint density at radius 1 is 1.24 bits per heavy atom. The standard InChI is InChI=1S/C16H14FN3O4S/c17-13-7-12(16(21)22)8-14(9-13)25(23,24)19-5-6-20-15-4-2-1-3-11(15)10-18-20/h1-4,7-10,19H,5-6H2,(H,21,22). The largest absolute Gasteiger partial charge is 0.478 e. The van der Waals surface area contributed by atoms with Crippen LogP contribution in [0.25, 0.3) is 10.9 Å². The van der Waals surface area contributed by atoms with Gasteiger partial charge in [-0.3, -0.25) is 4.68 Å². The lowest BCUT2D eigenvalue weighted by Crippen LogP contribution is -2.28. The predicted octanol–water partition coefficient (Wildman–Crippen LogP) is 1.85. The summed E-state index contributed by atoms with van der Waals surface area (Å²) < 4.78 is 41.9. The summed E-state index contributed by atoms with van der Waals surface area (Å²) in [6.07, 6.45) is 1.68. The van der Waals surface area contributed by atoms with Crippen LogP contribution in [0.15, 0.2) is 53.6 Å². The molecule has 0 atom stereocenters. The Morgan fingerprint density at radius 2 is 2.00 bits per heavy atom. The number of carbonyl (C=O) groups is 1. The van der Waals surface area contributed by atoms with Gasteiger partial charge < -0.3 is 5.11 Å². The average molecular weight is 363 g/mol. The molecule has 0 aliphatic carbocycles. The number of nitrogens with zero attached hydrogens (tertiary/aromatic N) is 2. The van der Waals surface area contributed by atoms with Crippen LogP contribution in [0.4, 0.5) is 4.39 Å². The van der Waals surface area contributed by atoms with Gasteiger partial charge >= 0.3 is 5.97 Å². The Morgan fingerprint density at radius 3 is 2.76 bits per heavy atom. The molecule has 9 heteroatoms. The van der Waals surface area contributed by atoms with E-state index in [0.29, 0.717) is 0 Å². The Hall–Kier alpha value is -2.78. The van der Waals surface area contributed by atoms with Crippen LogP contribution in [0.3, 0.4) is 0 Å². The van der Waals surface area contributed by atoms with Gasteiger partial charge in [-0.2, -0.15) is 5.10 Å². The number of para-hydroxylation sites is 1. The molecule has 7 nitrogen and oxygen atoms in total. The van der Waals surface area contributed by atoms with Gasteiger partial charge in [-0.15, -0.1) is 0 Å². The van der Waals surface area contributed by atoms with E-state index in [-0.39, 0.29) is 13.1 Å². The van der Waals surface area contributed by atoms with E-state index < -0.39 is 32.3 Å². The zero-order valence-electron chi connectivity index (χ0n) is 12.9. The monoisotopic (exact) mass is 363 g/mol. The second-order valence-corrected chi connectivity index (χ2v) is 7.07. The molecule has 0 aliphatic rings. The Balaban J connectivity index is 1.75. The number of fused-ring (bicyclic) bond motifs is 1. The normalized spacial score (nSPS) is 11.7. The van der Waals surface area contributed by atoms with Gasteiger partial charge in [-0.25, -0.2) is 22.3 Å². The van der Waals surface area contributed by atoms with Gasteiger partial charge in [0.05, 0.1) is 28.7 Å². The highest BCUT2D eigenvalue weighted by molar-refractivity contribution is 7.89. The summed E-state index contributed by atoms with van der Waals surface area (Å²) in [6, 6.07) is 9.93.